The molecule has 1 aliphatic rings. The fourth-order valence-corrected chi connectivity index (χ4v) is 6.24. The number of anilines is 1. The number of aromatic amines is 1. The molecule has 0 radical (unpaired) electrons. The van der Waals surface area contributed by atoms with Gasteiger partial charge in [-0.3, -0.25) is 23.7 Å². The van der Waals surface area contributed by atoms with Gasteiger partial charge in [-0.1, -0.05) is 37.0 Å². The Balaban J connectivity index is 1.63. The number of imidazole rings is 1. The van der Waals surface area contributed by atoms with Crippen molar-refractivity contribution in [3.8, 4) is 17.6 Å². The highest BCUT2D eigenvalue weighted by Gasteiger charge is 2.55. The number of benzene rings is 1. The lowest BCUT2D eigenvalue weighted by atomic mass is 9.91. The molecule has 1 fully saturated rings. The second-order valence-electron chi connectivity index (χ2n) is 10.00. The number of halogens is 1. The summed E-state index contributed by atoms with van der Waals surface area (Å²) in [5.74, 6) is 3.23. The maximum absolute atomic E-state index is 14.0. The first-order valence-corrected chi connectivity index (χ1v) is 14.7. The normalized spacial score (nSPS) is 24.1. The summed E-state index contributed by atoms with van der Waals surface area (Å²) in [6.07, 6.45) is -3.81. The molecule has 1 saturated heterocycles. The molecule has 6 atom stereocenters. The van der Waals surface area contributed by atoms with E-state index in [1.807, 2.05) is 0 Å². The number of H-pyrrole nitrogens is 1. The van der Waals surface area contributed by atoms with Crippen LogP contribution in [-0.4, -0.2) is 73.9 Å². The van der Waals surface area contributed by atoms with E-state index in [2.05, 4.69) is 26.8 Å². The second kappa shape index (κ2) is 12.6. The molecule has 1 aromatic carbocycles. The SMILES string of the molecule is CC(C)OC(=O)[C@H](C)C[P@](=O)(OC[C@H]1O[C@@H](n2cnc3c(=O)[nH]c(N)nc32)C(N)(C#CCF)[C@H]1O)Oc1ccccc1. The third-order valence-electron chi connectivity index (χ3n) is 6.30. The van der Waals surface area contributed by atoms with Gasteiger partial charge in [-0.25, -0.2) is 13.9 Å². The van der Waals surface area contributed by atoms with E-state index in [1.165, 1.54) is 17.8 Å². The summed E-state index contributed by atoms with van der Waals surface area (Å²) >= 11 is 0. The average molecular weight is 607 g/mol. The van der Waals surface area contributed by atoms with E-state index in [4.69, 9.17) is 30.0 Å². The van der Waals surface area contributed by atoms with Crippen molar-refractivity contribution in [2.24, 2.45) is 11.7 Å². The monoisotopic (exact) mass is 606 g/mol. The molecule has 16 heteroatoms. The van der Waals surface area contributed by atoms with Crippen LogP contribution in [0.15, 0.2) is 41.5 Å². The van der Waals surface area contributed by atoms with E-state index in [0.29, 0.717) is 0 Å². The summed E-state index contributed by atoms with van der Waals surface area (Å²) in [6, 6.07) is 8.19. The quantitative estimate of drug-likeness (QED) is 0.147. The maximum Gasteiger partial charge on any atom is 0.380 e. The molecule has 0 saturated carbocycles. The molecule has 0 spiro atoms. The number of alkyl halides is 1. The van der Waals surface area contributed by atoms with Gasteiger partial charge in [0.05, 0.1) is 31.1 Å². The second-order valence-corrected chi connectivity index (χ2v) is 12.0. The van der Waals surface area contributed by atoms with Gasteiger partial charge in [0.25, 0.3) is 5.56 Å². The van der Waals surface area contributed by atoms with Crippen molar-refractivity contribution in [3.05, 3.63) is 47.0 Å². The summed E-state index contributed by atoms with van der Waals surface area (Å²) in [5, 5.41) is 11.2. The third kappa shape index (κ3) is 6.64. The van der Waals surface area contributed by atoms with Crippen LogP contribution in [0.2, 0.25) is 0 Å². The molecule has 42 heavy (non-hydrogen) atoms. The highest BCUT2D eigenvalue weighted by atomic mass is 31.2. The number of hydrogen-bond acceptors (Lipinski definition) is 12. The van der Waals surface area contributed by atoms with Gasteiger partial charge in [0.2, 0.25) is 5.95 Å². The number of ether oxygens (including phenoxy) is 2. The predicted octanol–water partition coefficient (Wildman–Crippen LogP) is 1.51. The molecule has 1 unspecified atom stereocenters. The van der Waals surface area contributed by atoms with Crippen molar-refractivity contribution in [3.63, 3.8) is 0 Å². The van der Waals surface area contributed by atoms with Crippen molar-refractivity contribution in [2.45, 2.75) is 50.8 Å². The number of aliphatic hydroxyl groups is 1. The van der Waals surface area contributed by atoms with Crippen LogP contribution in [-0.2, 0) is 23.4 Å². The molecule has 0 amide bonds. The lowest BCUT2D eigenvalue weighted by molar-refractivity contribution is -0.151. The van der Waals surface area contributed by atoms with E-state index in [0.717, 1.165) is 0 Å². The highest BCUT2D eigenvalue weighted by Crippen LogP contribution is 2.51. The number of esters is 1. The molecule has 0 bridgehead atoms. The van der Waals surface area contributed by atoms with Crippen molar-refractivity contribution in [2.75, 3.05) is 25.2 Å². The zero-order valence-corrected chi connectivity index (χ0v) is 24.0. The van der Waals surface area contributed by atoms with Crippen LogP contribution in [0.25, 0.3) is 11.2 Å². The predicted molar refractivity (Wildman–Crippen MR) is 149 cm³/mol. The Bertz CT molecular complexity index is 1590. The Labute approximate surface area is 240 Å². The largest absolute Gasteiger partial charge is 0.463 e. The van der Waals surface area contributed by atoms with Crippen LogP contribution in [0.4, 0.5) is 10.3 Å². The smallest absolute Gasteiger partial charge is 0.380 e. The van der Waals surface area contributed by atoms with Crippen LogP contribution in [0.1, 0.15) is 27.0 Å². The van der Waals surface area contributed by atoms with Crippen LogP contribution in [0, 0.1) is 17.8 Å². The van der Waals surface area contributed by atoms with Gasteiger partial charge >= 0.3 is 13.6 Å². The maximum atomic E-state index is 14.0. The topological polar surface area (TPSA) is 207 Å². The molecule has 3 heterocycles. The fourth-order valence-electron chi connectivity index (χ4n) is 4.37. The molecule has 1 aliphatic heterocycles. The summed E-state index contributed by atoms with van der Waals surface area (Å²) in [5.41, 5.74) is 9.48. The Morgan fingerprint density at radius 1 is 1.33 bits per heavy atom. The first kappa shape index (κ1) is 31.1. The minimum atomic E-state index is -4.09. The van der Waals surface area contributed by atoms with Gasteiger partial charge in [-0.15, -0.1) is 0 Å². The molecule has 14 nitrogen and oxygen atoms in total. The standard InChI is InChI=1S/C26H32FN6O8P/c1-15(2)39-23(36)16(3)13-42(37,41-17-8-5-4-6-9-17)38-12-18-20(34)26(29,10-7-11-27)24(40-18)33-14-30-19-21(33)31-25(28)32-22(19)35/h4-6,8-9,14-16,18,20,24,34H,11-13,29H2,1-3H3,(H3,28,31,32,35)/t16-,18-,20+,24-,26?,42+/m1/s1. The first-order valence-electron chi connectivity index (χ1n) is 13.0. The molecule has 3 aromatic rings. The third-order valence-corrected chi connectivity index (χ3v) is 8.33. The fraction of sp³-hybridized carbons (Fsp3) is 0.462. The lowest BCUT2D eigenvalue weighted by Crippen LogP contribution is -2.53. The number of carbonyl (C=O) groups excluding carboxylic acids is 1. The molecular weight excluding hydrogens is 574 g/mol. The first-order chi connectivity index (χ1) is 19.9. The number of para-hydroxylation sites is 1. The Hall–Kier alpha value is -3.80. The molecule has 0 aliphatic carbocycles. The molecule has 6 N–H and O–H groups in total. The molecule has 226 valence electrons. The number of aliphatic hydroxyl groups excluding tert-OH is 1. The number of fused-ring (bicyclic) bond motifs is 1. The van der Waals surface area contributed by atoms with Crippen LogP contribution in [0.3, 0.4) is 0 Å². The number of hydrogen-bond donors (Lipinski definition) is 4. The van der Waals surface area contributed by atoms with E-state index < -0.39 is 68.4 Å². The van der Waals surface area contributed by atoms with Gasteiger partial charge in [-0.05, 0) is 26.0 Å². The van der Waals surface area contributed by atoms with Gasteiger partial charge < -0.3 is 30.6 Å². The van der Waals surface area contributed by atoms with Crippen LogP contribution >= 0.6 is 7.60 Å². The minimum Gasteiger partial charge on any atom is -0.463 e. The van der Waals surface area contributed by atoms with Crippen LogP contribution < -0.4 is 21.6 Å². The minimum absolute atomic E-state index is 0.0255. The van der Waals surface area contributed by atoms with E-state index in [9.17, 15) is 23.7 Å². The molecule has 2 aromatic heterocycles. The van der Waals surface area contributed by atoms with Gasteiger partial charge in [0.1, 0.15) is 24.6 Å². The number of nitrogens with two attached hydrogens (primary N) is 2. The number of carbonyl (C=O) groups is 1. The summed E-state index contributed by atoms with van der Waals surface area (Å²) in [4.78, 5) is 35.2. The Morgan fingerprint density at radius 2 is 2.05 bits per heavy atom. The zero-order valence-electron chi connectivity index (χ0n) is 23.1. The lowest BCUT2D eigenvalue weighted by Gasteiger charge is -2.27. The van der Waals surface area contributed by atoms with Gasteiger partial charge in [-0.2, -0.15) is 4.98 Å². The highest BCUT2D eigenvalue weighted by molar-refractivity contribution is 7.54. The number of nitrogens with one attached hydrogen (secondary N) is 1. The zero-order chi connectivity index (χ0) is 30.7. The average Bonchev–Trinajstić information content (AvgIpc) is 3.45. The van der Waals surface area contributed by atoms with E-state index in [1.54, 1.807) is 44.2 Å². The van der Waals surface area contributed by atoms with Crippen molar-refractivity contribution in [1.29, 1.82) is 0 Å². The molecule has 4 rings (SSSR count). The summed E-state index contributed by atoms with van der Waals surface area (Å²) in [7, 11) is -4.09. The van der Waals surface area contributed by atoms with Crippen molar-refractivity contribution >= 4 is 30.7 Å². The van der Waals surface area contributed by atoms with Crippen molar-refractivity contribution < 1.29 is 37.4 Å². The summed E-state index contributed by atoms with van der Waals surface area (Å²) in [6.45, 7) is 3.29. The Kier molecular flexibility index (Phi) is 9.34. The van der Waals surface area contributed by atoms with Gasteiger partial charge in [0.15, 0.2) is 22.9 Å². The van der Waals surface area contributed by atoms with Crippen molar-refractivity contribution in [1.82, 2.24) is 19.5 Å². The summed E-state index contributed by atoms with van der Waals surface area (Å²) < 4.78 is 51.0. The van der Waals surface area contributed by atoms with Gasteiger partial charge in [0, 0.05) is 0 Å². The van der Waals surface area contributed by atoms with E-state index >= 15 is 0 Å². The number of nitrogens with zero attached hydrogens (tertiary/aromatic N) is 3. The van der Waals surface area contributed by atoms with Crippen LogP contribution in [0.5, 0.6) is 5.75 Å². The number of nitrogen functional groups attached to an aromatic ring is 1. The number of rotatable bonds is 10. The van der Waals surface area contributed by atoms with E-state index in [-0.39, 0.29) is 29.0 Å². The Morgan fingerprint density at radius 3 is 2.71 bits per heavy atom. The molecular formula is C26H32FN6O8P. The number of aromatic nitrogens is 4.